The molecule has 1 aromatic carbocycles. The molecule has 0 unspecified atom stereocenters. The third kappa shape index (κ3) is 5.00. The van der Waals surface area contributed by atoms with E-state index >= 15 is 0 Å². The summed E-state index contributed by atoms with van der Waals surface area (Å²) in [7, 11) is -3.81. The maximum atomic E-state index is 12.0. The first-order chi connectivity index (χ1) is 9.92. The summed E-state index contributed by atoms with van der Waals surface area (Å²) < 4.78 is 31.5. The first kappa shape index (κ1) is 17.4. The first-order valence-electron chi connectivity index (χ1n) is 6.53. The SMILES string of the molecule is CCCOc1ccc(S(=O)(=O)NCCCO)cc1C(=O)O. The monoisotopic (exact) mass is 317 g/mol. The topological polar surface area (TPSA) is 113 Å². The van der Waals surface area contributed by atoms with Crippen molar-refractivity contribution in [3.8, 4) is 5.75 Å². The molecular formula is C13H19NO6S. The summed E-state index contributed by atoms with van der Waals surface area (Å²) in [6, 6.07) is 3.69. The smallest absolute Gasteiger partial charge is 0.339 e. The van der Waals surface area contributed by atoms with Gasteiger partial charge in [-0.25, -0.2) is 17.9 Å². The molecule has 0 saturated carbocycles. The third-order valence-electron chi connectivity index (χ3n) is 2.58. The molecule has 8 heteroatoms. The lowest BCUT2D eigenvalue weighted by Gasteiger charge is -2.11. The summed E-state index contributed by atoms with van der Waals surface area (Å²) >= 11 is 0. The van der Waals surface area contributed by atoms with E-state index in [1.54, 1.807) is 0 Å². The van der Waals surface area contributed by atoms with E-state index in [1.807, 2.05) is 6.92 Å². The Hall–Kier alpha value is -1.64. The molecule has 0 bridgehead atoms. The fourth-order valence-corrected chi connectivity index (χ4v) is 2.65. The van der Waals surface area contributed by atoms with Crippen LogP contribution < -0.4 is 9.46 Å². The van der Waals surface area contributed by atoms with Crippen molar-refractivity contribution in [3.05, 3.63) is 23.8 Å². The molecule has 0 saturated heterocycles. The number of rotatable bonds is 9. The molecule has 0 spiro atoms. The second kappa shape index (κ2) is 7.96. The number of ether oxygens (including phenoxy) is 1. The summed E-state index contributed by atoms with van der Waals surface area (Å²) in [5.41, 5.74) is -0.200. The Bertz CT molecular complexity index is 584. The highest BCUT2D eigenvalue weighted by Crippen LogP contribution is 2.23. The van der Waals surface area contributed by atoms with Crippen molar-refractivity contribution >= 4 is 16.0 Å². The molecule has 0 aliphatic carbocycles. The molecule has 1 rings (SSSR count). The van der Waals surface area contributed by atoms with Crippen molar-refractivity contribution in [1.82, 2.24) is 4.72 Å². The lowest BCUT2D eigenvalue weighted by atomic mass is 10.2. The van der Waals surface area contributed by atoms with Crippen LogP contribution in [0.25, 0.3) is 0 Å². The van der Waals surface area contributed by atoms with Crippen LogP contribution in [0.5, 0.6) is 5.75 Å². The van der Waals surface area contributed by atoms with Crippen molar-refractivity contribution in [2.75, 3.05) is 19.8 Å². The maximum Gasteiger partial charge on any atom is 0.339 e. The Labute approximate surface area is 123 Å². The van der Waals surface area contributed by atoms with Crippen molar-refractivity contribution in [3.63, 3.8) is 0 Å². The minimum absolute atomic E-state index is 0.0787. The third-order valence-corrected chi connectivity index (χ3v) is 4.04. The second-order valence-electron chi connectivity index (χ2n) is 4.29. The summed E-state index contributed by atoms with van der Waals surface area (Å²) in [5.74, 6) is -1.12. The largest absolute Gasteiger partial charge is 0.493 e. The molecule has 118 valence electrons. The number of hydrogen-bond acceptors (Lipinski definition) is 5. The van der Waals surface area contributed by atoms with Gasteiger partial charge in [0.2, 0.25) is 10.0 Å². The van der Waals surface area contributed by atoms with Crippen LogP contribution in [0.4, 0.5) is 0 Å². The number of carboxylic acids is 1. The summed E-state index contributed by atoms with van der Waals surface area (Å²) in [5, 5.41) is 17.8. The van der Waals surface area contributed by atoms with Gasteiger partial charge in [0.1, 0.15) is 11.3 Å². The molecule has 0 aliphatic rings. The van der Waals surface area contributed by atoms with Crippen LogP contribution in [0, 0.1) is 0 Å². The Morgan fingerprint density at radius 1 is 1.38 bits per heavy atom. The molecule has 0 amide bonds. The van der Waals surface area contributed by atoms with E-state index in [1.165, 1.54) is 12.1 Å². The highest BCUT2D eigenvalue weighted by molar-refractivity contribution is 7.89. The van der Waals surface area contributed by atoms with Crippen LogP contribution in [0.15, 0.2) is 23.1 Å². The van der Waals surface area contributed by atoms with Gasteiger partial charge in [-0.3, -0.25) is 0 Å². The molecule has 0 fully saturated rings. The lowest BCUT2D eigenvalue weighted by Crippen LogP contribution is -2.25. The minimum atomic E-state index is -3.81. The van der Waals surface area contributed by atoms with Gasteiger partial charge in [0, 0.05) is 13.2 Å². The summed E-state index contributed by atoms with van der Waals surface area (Å²) in [4.78, 5) is 11.0. The molecule has 1 aromatic rings. The number of carbonyl (C=O) groups is 1. The summed E-state index contributed by atoms with van der Waals surface area (Å²) in [6.07, 6.45) is 0.991. The number of sulfonamides is 1. The zero-order valence-electron chi connectivity index (χ0n) is 11.7. The quantitative estimate of drug-likeness (QED) is 0.582. The van der Waals surface area contributed by atoms with Gasteiger partial charge in [0.15, 0.2) is 0 Å². The fourth-order valence-electron chi connectivity index (χ4n) is 1.55. The van der Waals surface area contributed by atoms with Crippen LogP contribution in [0.1, 0.15) is 30.1 Å². The summed E-state index contributed by atoms with van der Waals surface area (Å²) in [6.45, 7) is 2.17. The lowest BCUT2D eigenvalue weighted by molar-refractivity contribution is 0.0692. The zero-order valence-corrected chi connectivity index (χ0v) is 12.5. The van der Waals surface area contributed by atoms with E-state index in [4.69, 9.17) is 14.9 Å². The second-order valence-corrected chi connectivity index (χ2v) is 6.05. The molecule has 7 nitrogen and oxygen atoms in total. The van der Waals surface area contributed by atoms with E-state index in [2.05, 4.69) is 4.72 Å². The van der Waals surface area contributed by atoms with Crippen LogP contribution in [0.2, 0.25) is 0 Å². The number of aliphatic hydroxyl groups is 1. The highest BCUT2D eigenvalue weighted by atomic mass is 32.2. The number of carboxylic acid groups (broad SMARTS) is 1. The molecule has 0 atom stereocenters. The maximum absolute atomic E-state index is 12.0. The van der Waals surface area contributed by atoms with Gasteiger partial charge < -0.3 is 14.9 Å². The van der Waals surface area contributed by atoms with Gasteiger partial charge in [-0.1, -0.05) is 6.92 Å². The van der Waals surface area contributed by atoms with E-state index in [9.17, 15) is 13.2 Å². The predicted molar refractivity (Wildman–Crippen MR) is 76.1 cm³/mol. The first-order valence-corrected chi connectivity index (χ1v) is 8.01. The number of aliphatic hydroxyl groups excluding tert-OH is 1. The van der Waals surface area contributed by atoms with Gasteiger partial charge in [0.05, 0.1) is 11.5 Å². The van der Waals surface area contributed by atoms with Gasteiger partial charge in [0.25, 0.3) is 0 Å². The number of hydrogen-bond donors (Lipinski definition) is 3. The molecule has 21 heavy (non-hydrogen) atoms. The Morgan fingerprint density at radius 3 is 2.67 bits per heavy atom. The van der Waals surface area contributed by atoms with Crippen molar-refractivity contribution in [2.45, 2.75) is 24.7 Å². The zero-order chi connectivity index (χ0) is 15.9. The highest BCUT2D eigenvalue weighted by Gasteiger charge is 2.19. The van der Waals surface area contributed by atoms with Crippen LogP contribution >= 0.6 is 0 Å². The standard InChI is InChI=1S/C13H19NO6S/c1-2-8-20-12-5-4-10(9-11(12)13(16)17)21(18,19)14-6-3-7-15/h4-5,9,14-15H,2-3,6-8H2,1H3,(H,16,17). The van der Waals surface area contributed by atoms with Crippen molar-refractivity contribution in [2.24, 2.45) is 0 Å². The van der Waals surface area contributed by atoms with Crippen LogP contribution in [-0.4, -0.2) is 44.4 Å². The van der Waals surface area contributed by atoms with Crippen LogP contribution in [-0.2, 0) is 10.0 Å². The minimum Gasteiger partial charge on any atom is -0.493 e. The average molecular weight is 317 g/mol. The van der Waals surface area contributed by atoms with Gasteiger partial charge in [-0.15, -0.1) is 0 Å². The molecular weight excluding hydrogens is 298 g/mol. The number of aromatic carboxylic acids is 1. The van der Waals surface area contributed by atoms with E-state index in [0.717, 1.165) is 6.07 Å². The number of benzene rings is 1. The van der Waals surface area contributed by atoms with Crippen molar-refractivity contribution in [1.29, 1.82) is 0 Å². The predicted octanol–water partition coefficient (Wildman–Crippen LogP) is 0.834. The Morgan fingerprint density at radius 2 is 2.10 bits per heavy atom. The molecule has 3 N–H and O–H groups in total. The van der Waals surface area contributed by atoms with E-state index < -0.39 is 16.0 Å². The molecule has 0 aromatic heterocycles. The fraction of sp³-hybridized carbons (Fsp3) is 0.462. The molecule has 0 radical (unpaired) electrons. The van der Waals surface area contributed by atoms with Gasteiger partial charge in [-0.05, 0) is 31.0 Å². The Balaban J connectivity index is 3.04. The van der Waals surface area contributed by atoms with Gasteiger partial charge >= 0.3 is 5.97 Å². The van der Waals surface area contributed by atoms with E-state index in [0.29, 0.717) is 13.0 Å². The Kier molecular flexibility index (Phi) is 6.60. The normalized spacial score (nSPS) is 11.3. The number of nitrogens with one attached hydrogen (secondary N) is 1. The molecule has 0 heterocycles. The van der Waals surface area contributed by atoms with Crippen LogP contribution in [0.3, 0.4) is 0 Å². The van der Waals surface area contributed by atoms with E-state index in [-0.39, 0.29) is 35.8 Å². The van der Waals surface area contributed by atoms with Gasteiger partial charge in [-0.2, -0.15) is 0 Å². The average Bonchev–Trinajstić information content (AvgIpc) is 2.44. The molecule has 0 aliphatic heterocycles. The van der Waals surface area contributed by atoms with Crippen molar-refractivity contribution < 1.29 is 28.2 Å².